The molecule has 0 amide bonds. The summed E-state index contributed by atoms with van der Waals surface area (Å²) in [5.41, 5.74) is 7.82. The van der Waals surface area contributed by atoms with E-state index in [9.17, 15) is 9.90 Å². The zero-order valence-corrected chi connectivity index (χ0v) is 12.3. The van der Waals surface area contributed by atoms with Gasteiger partial charge in [0.25, 0.3) is 0 Å². The van der Waals surface area contributed by atoms with Crippen molar-refractivity contribution in [3.63, 3.8) is 0 Å². The van der Waals surface area contributed by atoms with Crippen LogP contribution in [0.25, 0.3) is 0 Å². The van der Waals surface area contributed by atoms with Gasteiger partial charge in [-0.15, -0.1) is 0 Å². The Morgan fingerprint density at radius 3 is 2.95 bits per heavy atom. The first kappa shape index (κ1) is 14.4. The molecule has 21 heavy (non-hydrogen) atoms. The zero-order valence-electron chi connectivity index (χ0n) is 12.3. The summed E-state index contributed by atoms with van der Waals surface area (Å²) in [6.45, 7) is 0.537. The van der Waals surface area contributed by atoms with Gasteiger partial charge in [0.2, 0.25) is 0 Å². The van der Waals surface area contributed by atoms with E-state index in [1.807, 2.05) is 6.07 Å². The molecule has 0 radical (unpaired) electrons. The molecule has 0 heterocycles. The number of hydrogen-bond donors (Lipinski definition) is 2. The van der Waals surface area contributed by atoms with E-state index in [2.05, 4.69) is 12.1 Å². The fraction of sp³-hybridized carbons (Fsp3) is 0.588. The van der Waals surface area contributed by atoms with Gasteiger partial charge in [-0.25, -0.2) is 0 Å². The van der Waals surface area contributed by atoms with Crippen molar-refractivity contribution in [2.45, 2.75) is 50.5 Å². The van der Waals surface area contributed by atoms with Crippen LogP contribution in [-0.4, -0.2) is 23.2 Å². The van der Waals surface area contributed by atoms with Crippen molar-refractivity contribution in [3.8, 4) is 5.75 Å². The van der Waals surface area contributed by atoms with Gasteiger partial charge in [0.1, 0.15) is 11.3 Å². The largest absolute Gasteiger partial charge is 0.494 e. The Hall–Kier alpha value is -1.55. The highest BCUT2D eigenvalue weighted by atomic mass is 16.5. The molecule has 4 nitrogen and oxygen atoms in total. The molecule has 0 aromatic heterocycles. The van der Waals surface area contributed by atoms with Crippen LogP contribution in [-0.2, 0) is 17.6 Å². The third-order valence-corrected chi connectivity index (χ3v) is 5.07. The average Bonchev–Trinajstić information content (AvgIpc) is 3.06. The second-order valence-electron chi connectivity index (χ2n) is 6.36. The molecule has 0 aliphatic heterocycles. The predicted octanol–water partition coefficient (Wildman–Crippen LogP) is 2.53. The number of rotatable bonds is 5. The second-order valence-corrected chi connectivity index (χ2v) is 6.36. The number of aryl methyl sites for hydroxylation is 2. The summed E-state index contributed by atoms with van der Waals surface area (Å²) in [4.78, 5) is 11.3. The Labute approximate surface area is 125 Å². The number of nitrogens with two attached hydrogens (primary N) is 1. The van der Waals surface area contributed by atoms with Crippen LogP contribution in [0.2, 0.25) is 0 Å². The standard InChI is InChI=1S/C17H23NO3/c18-17(16(19)20)9-2-5-14(17)8-10-21-15-7-6-12-3-1-4-13(12)11-15/h6-7,11,14H,1-5,8-10,18H2,(H,19,20). The van der Waals surface area contributed by atoms with Crippen molar-refractivity contribution in [2.24, 2.45) is 11.7 Å². The van der Waals surface area contributed by atoms with E-state index in [1.165, 1.54) is 24.0 Å². The van der Waals surface area contributed by atoms with Crippen molar-refractivity contribution in [1.82, 2.24) is 0 Å². The molecular formula is C17H23NO3. The lowest BCUT2D eigenvalue weighted by Gasteiger charge is -2.26. The van der Waals surface area contributed by atoms with Crippen molar-refractivity contribution in [1.29, 1.82) is 0 Å². The topological polar surface area (TPSA) is 72.6 Å². The first-order valence-electron chi connectivity index (χ1n) is 7.86. The summed E-state index contributed by atoms with van der Waals surface area (Å²) >= 11 is 0. The summed E-state index contributed by atoms with van der Waals surface area (Å²) in [6, 6.07) is 6.30. The lowest BCUT2D eigenvalue weighted by atomic mass is 9.86. The monoisotopic (exact) mass is 289 g/mol. The van der Waals surface area contributed by atoms with Gasteiger partial charge < -0.3 is 15.6 Å². The van der Waals surface area contributed by atoms with E-state index in [-0.39, 0.29) is 5.92 Å². The number of carbonyl (C=O) groups is 1. The van der Waals surface area contributed by atoms with Crippen LogP contribution in [0.3, 0.4) is 0 Å². The fourth-order valence-electron chi connectivity index (χ4n) is 3.74. The molecule has 2 aliphatic carbocycles. The number of fused-ring (bicyclic) bond motifs is 1. The number of carboxylic acid groups (broad SMARTS) is 1. The molecule has 3 rings (SSSR count). The maximum atomic E-state index is 11.3. The normalized spacial score (nSPS) is 27.6. The van der Waals surface area contributed by atoms with Crippen molar-refractivity contribution < 1.29 is 14.6 Å². The molecular weight excluding hydrogens is 266 g/mol. The molecule has 2 unspecified atom stereocenters. The van der Waals surface area contributed by atoms with Crippen LogP contribution in [0.15, 0.2) is 18.2 Å². The van der Waals surface area contributed by atoms with Gasteiger partial charge in [-0.05, 0) is 67.7 Å². The van der Waals surface area contributed by atoms with Crippen LogP contribution >= 0.6 is 0 Å². The van der Waals surface area contributed by atoms with Gasteiger partial charge in [0, 0.05) is 0 Å². The van der Waals surface area contributed by atoms with Gasteiger partial charge in [-0.2, -0.15) is 0 Å². The summed E-state index contributed by atoms with van der Waals surface area (Å²) in [5.74, 6) is 0.0403. The molecule has 114 valence electrons. The molecule has 1 aromatic rings. The molecule has 0 spiro atoms. The first-order valence-corrected chi connectivity index (χ1v) is 7.86. The first-order chi connectivity index (χ1) is 10.1. The molecule has 4 heteroatoms. The summed E-state index contributed by atoms with van der Waals surface area (Å²) < 4.78 is 5.82. The molecule has 1 aromatic carbocycles. The van der Waals surface area contributed by atoms with Crippen LogP contribution in [0.1, 0.15) is 43.2 Å². The molecule has 0 saturated heterocycles. The average molecular weight is 289 g/mol. The third-order valence-electron chi connectivity index (χ3n) is 5.07. The molecule has 1 fully saturated rings. The maximum absolute atomic E-state index is 11.3. The van der Waals surface area contributed by atoms with Gasteiger partial charge in [-0.3, -0.25) is 4.79 Å². The van der Waals surface area contributed by atoms with E-state index in [0.29, 0.717) is 19.4 Å². The van der Waals surface area contributed by atoms with E-state index in [4.69, 9.17) is 10.5 Å². The highest BCUT2D eigenvalue weighted by Gasteiger charge is 2.45. The second kappa shape index (κ2) is 5.68. The van der Waals surface area contributed by atoms with Crippen LogP contribution in [0.5, 0.6) is 5.75 Å². The maximum Gasteiger partial charge on any atom is 0.323 e. The van der Waals surface area contributed by atoms with Gasteiger partial charge in [0.15, 0.2) is 0 Å². The number of benzene rings is 1. The number of carboxylic acids is 1. The zero-order chi connectivity index (χ0) is 14.9. The summed E-state index contributed by atoms with van der Waals surface area (Å²) in [6.07, 6.45) is 6.61. The van der Waals surface area contributed by atoms with Gasteiger partial charge >= 0.3 is 5.97 Å². The Morgan fingerprint density at radius 2 is 2.14 bits per heavy atom. The minimum Gasteiger partial charge on any atom is -0.494 e. The highest BCUT2D eigenvalue weighted by molar-refractivity contribution is 5.79. The van der Waals surface area contributed by atoms with Crippen molar-refractivity contribution in [2.75, 3.05) is 6.61 Å². The predicted molar refractivity (Wildman–Crippen MR) is 80.5 cm³/mol. The quantitative estimate of drug-likeness (QED) is 0.873. The van der Waals surface area contributed by atoms with Crippen molar-refractivity contribution in [3.05, 3.63) is 29.3 Å². The molecule has 1 saturated carbocycles. The smallest absolute Gasteiger partial charge is 0.323 e. The van der Waals surface area contributed by atoms with E-state index >= 15 is 0 Å². The third kappa shape index (κ3) is 2.77. The van der Waals surface area contributed by atoms with Gasteiger partial charge in [0.05, 0.1) is 6.61 Å². The molecule has 3 N–H and O–H groups in total. The van der Waals surface area contributed by atoms with E-state index < -0.39 is 11.5 Å². The number of ether oxygens (including phenoxy) is 1. The minimum atomic E-state index is -1.05. The molecule has 2 aliphatic rings. The van der Waals surface area contributed by atoms with E-state index in [1.54, 1.807) is 0 Å². The lowest BCUT2D eigenvalue weighted by molar-refractivity contribution is -0.144. The lowest BCUT2D eigenvalue weighted by Crippen LogP contribution is -2.51. The van der Waals surface area contributed by atoms with E-state index in [0.717, 1.165) is 25.0 Å². The Bertz CT molecular complexity index is 543. The number of aliphatic carboxylic acids is 1. The summed E-state index contributed by atoms with van der Waals surface area (Å²) in [7, 11) is 0. The SMILES string of the molecule is NC1(C(=O)O)CCCC1CCOc1ccc2c(c1)CCC2. The van der Waals surface area contributed by atoms with Crippen molar-refractivity contribution >= 4 is 5.97 Å². The Kier molecular flexibility index (Phi) is 3.89. The number of hydrogen-bond acceptors (Lipinski definition) is 3. The fourth-order valence-corrected chi connectivity index (χ4v) is 3.74. The molecule has 0 bridgehead atoms. The Balaban J connectivity index is 1.55. The minimum absolute atomic E-state index is 0.0180. The Morgan fingerprint density at radius 1 is 1.33 bits per heavy atom. The summed E-state index contributed by atoms with van der Waals surface area (Å²) in [5, 5.41) is 9.30. The van der Waals surface area contributed by atoms with Crippen LogP contribution in [0, 0.1) is 5.92 Å². The van der Waals surface area contributed by atoms with Gasteiger partial charge in [-0.1, -0.05) is 12.5 Å². The molecule has 2 atom stereocenters. The van der Waals surface area contributed by atoms with Crippen LogP contribution in [0.4, 0.5) is 0 Å². The van der Waals surface area contributed by atoms with Crippen LogP contribution < -0.4 is 10.5 Å². The highest BCUT2D eigenvalue weighted by Crippen LogP contribution is 2.36.